The van der Waals surface area contributed by atoms with E-state index in [1.807, 2.05) is 24.3 Å². The van der Waals surface area contributed by atoms with Crippen molar-refractivity contribution in [2.24, 2.45) is 5.73 Å². The molecule has 11 heteroatoms. The highest BCUT2D eigenvalue weighted by Gasteiger charge is 2.22. The number of nitrogens with zero attached hydrogens (tertiary/aromatic N) is 2. The lowest BCUT2D eigenvalue weighted by Crippen LogP contribution is -2.40. The number of nitrogens with one attached hydrogen (secondary N) is 3. The van der Waals surface area contributed by atoms with E-state index in [1.54, 1.807) is 17.0 Å². The molecule has 0 unspecified atom stereocenters. The van der Waals surface area contributed by atoms with Crippen molar-refractivity contribution >= 4 is 29.4 Å². The maximum atomic E-state index is 12.6. The van der Waals surface area contributed by atoms with Gasteiger partial charge in [0, 0.05) is 18.8 Å². The molecule has 0 saturated carbocycles. The van der Waals surface area contributed by atoms with Gasteiger partial charge in [-0.15, -0.1) is 0 Å². The number of anilines is 2. The summed E-state index contributed by atoms with van der Waals surface area (Å²) in [7, 11) is 0. The lowest BCUT2D eigenvalue weighted by molar-refractivity contribution is 0.0282. The smallest absolute Gasteiger partial charge is 0.324 e. The first kappa shape index (κ1) is 25.0. The fourth-order valence-electron chi connectivity index (χ4n) is 3.86. The van der Waals surface area contributed by atoms with Crippen LogP contribution in [0.2, 0.25) is 0 Å². The van der Waals surface area contributed by atoms with Gasteiger partial charge in [-0.1, -0.05) is 25.5 Å². The molecule has 0 bridgehead atoms. The van der Waals surface area contributed by atoms with E-state index >= 15 is 0 Å². The molecule has 0 radical (unpaired) electrons. The number of morpholine rings is 1. The van der Waals surface area contributed by atoms with E-state index in [0.29, 0.717) is 43.6 Å². The number of rotatable bonds is 9. The Hall–Kier alpha value is -4.12. The predicted octanol–water partition coefficient (Wildman–Crippen LogP) is 3.15. The van der Waals surface area contributed by atoms with Crippen LogP contribution in [0.25, 0.3) is 0 Å². The van der Waals surface area contributed by atoms with E-state index in [2.05, 4.69) is 27.5 Å². The number of benzene rings is 1. The van der Waals surface area contributed by atoms with Gasteiger partial charge in [-0.2, -0.15) is 0 Å². The van der Waals surface area contributed by atoms with Crippen molar-refractivity contribution in [3.63, 3.8) is 0 Å². The second kappa shape index (κ2) is 11.5. The zero-order valence-electron chi connectivity index (χ0n) is 20.1. The molecule has 1 aliphatic rings. The van der Waals surface area contributed by atoms with Crippen LogP contribution in [0.1, 0.15) is 58.0 Å². The topological polar surface area (TPSA) is 156 Å². The minimum absolute atomic E-state index is 0.0748. The first-order valence-electron chi connectivity index (χ1n) is 11.9. The molecule has 11 nitrogen and oxygen atoms in total. The van der Waals surface area contributed by atoms with Gasteiger partial charge in [0.15, 0.2) is 11.5 Å². The first-order valence-corrected chi connectivity index (χ1v) is 11.9. The molecule has 3 heterocycles. The number of H-pyrrole nitrogens is 1. The number of furan rings is 1. The molecule has 1 fully saturated rings. The third kappa shape index (κ3) is 6.30. The number of hydrogen-bond donors (Lipinski definition) is 4. The highest BCUT2D eigenvalue weighted by molar-refractivity contribution is 6.04. The number of carbonyl (C=O) groups excluding carboxylic acids is 3. The van der Waals surface area contributed by atoms with Crippen LogP contribution in [-0.2, 0) is 17.6 Å². The summed E-state index contributed by atoms with van der Waals surface area (Å²) < 4.78 is 11.0. The first-order chi connectivity index (χ1) is 17.4. The molecular formula is C25H30N6O5. The summed E-state index contributed by atoms with van der Waals surface area (Å²) in [5, 5.41) is 5.32. The summed E-state index contributed by atoms with van der Waals surface area (Å²) in [5.41, 5.74) is 7.16. The summed E-state index contributed by atoms with van der Waals surface area (Å²) in [4.78, 5) is 45.8. The van der Waals surface area contributed by atoms with Gasteiger partial charge in [0.2, 0.25) is 0 Å². The summed E-state index contributed by atoms with van der Waals surface area (Å²) >= 11 is 0. The van der Waals surface area contributed by atoms with Gasteiger partial charge in [0.05, 0.1) is 19.6 Å². The van der Waals surface area contributed by atoms with E-state index in [4.69, 9.17) is 14.9 Å². The van der Waals surface area contributed by atoms with Gasteiger partial charge in [0.25, 0.3) is 11.8 Å². The molecule has 0 aliphatic carbocycles. The summed E-state index contributed by atoms with van der Waals surface area (Å²) in [5.74, 6) is 0.0994. The van der Waals surface area contributed by atoms with Crippen LogP contribution in [0.5, 0.6) is 0 Å². The van der Waals surface area contributed by atoms with Gasteiger partial charge in [0.1, 0.15) is 17.4 Å². The largest absolute Gasteiger partial charge is 0.455 e. The van der Waals surface area contributed by atoms with Crippen molar-refractivity contribution in [2.75, 3.05) is 36.9 Å². The quantitative estimate of drug-likeness (QED) is 0.358. The molecule has 0 spiro atoms. The number of urea groups is 1. The van der Waals surface area contributed by atoms with Crippen molar-refractivity contribution in [1.82, 2.24) is 14.9 Å². The number of aromatic amines is 1. The van der Waals surface area contributed by atoms with Crippen molar-refractivity contribution in [3.05, 3.63) is 65.0 Å². The number of ether oxygens (including phenoxy) is 1. The Balaban J connectivity index is 1.39. The molecular weight excluding hydrogens is 464 g/mol. The van der Waals surface area contributed by atoms with Crippen LogP contribution in [-0.4, -0.2) is 59.0 Å². The maximum absolute atomic E-state index is 12.6. The second-order valence-electron chi connectivity index (χ2n) is 8.50. The third-order valence-corrected chi connectivity index (χ3v) is 5.77. The molecule has 1 saturated heterocycles. The predicted molar refractivity (Wildman–Crippen MR) is 133 cm³/mol. The number of carbonyl (C=O) groups is 3. The fourth-order valence-corrected chi connectivity index (χ4v) is 3.86. The van der Waals surface area contributed by atoms with Crippen LogP contribution in [0, 0.1) is 0 Å². The lowest BCUT2D eigenvalue weighted by atomic mass is 10.1. The third-order valence-electron chi connectivity index (χ3n) is 5.77. The Kier molecular flexibility index (Phi) is 8.01. The van der Waals surface area contributed by atoms with E-state index in [9.17, 15) is 14.4 Å². The SMILES string of the molecule is CCCCc1ccc(NC(=O)Nc2[nH]c(Cc3ccc(C(=O)N4CCOCC4)o3)nc2C(N)=O)cc1. The Bertz CT molecular complexity index is 1210. The van der Waals surface area contributed by atoms with Crippen LogP contribution >= 0.6 is 0 Å². The maximum Gasteiger partial charge on any atom is 0.324 e. The summed E-state index contributed by atoms with van der Waals surface area (Å²) in [6, 6.07) is 10.3. The van der Waals surface area contributed by atoms with E-state index in [0.717, 1.165) is 19.3 Å². The molecule has 4 amide bonds. The fraction of sp³-hybridized carbons (Fsp3) is 0.360. The standard InChI is InChI=1S/C25H30N6O5/c1-2-3-4-16-5-7-17(8-6-16)27-25(34)30-23-21(22(26)32)28-20(29-23)15-18-9-10-19(36-18)24(33)31-11-13-35-14-12-31/h5-10H,2-4,11-15H2,1H3,(H2,26,32)(H,28,29)(H2,27,30,34). The van der Waals surface area contributed by atoms with Crippen LogP contribution in [0.3, 0.4) is 0 Å². The zero-order valence-corrected chi connectivity index (χ0v) is 20.1. The Morgan fingerprint density at radius 1 is 1.08 bits per heavy atom. The molecule has 190 valence electrons. The van der Waals surface area contributed by atoms with Gasteiger partial charge in [-0.05, 0) is 42.7 Å². The highest BCUT2D eigenvalue weighted by atomic mass is 16.5. The van der Waals surface area contributed by atoms with Crippen LogP contribution in [0.4, 0.5) is 16.3 Å². The molecule has 2 aromatic heterocycles. The number of imidazole rings is 1. The Labute approximate surface area is 208 Å². The van der Waals surface area contributed by atoms with Crippen molar-refractivity contribution in [3.8, 4) is 0 Å². The van der Waals surface area contributed by atoms with Crippen molar-refractivity contribution < 1.29 is 23.5 Å². The Morgan fingerprint density at radius 2 is 1.83 bits per heavy atom. The average Bonchev–Trinajstić information content (AvgIpc) is 3.51. The van der Waals surface area contributed by atoms with E-state index < -0.39 is 11.9 Å². The zero-order chi connectivity index (χ0) is 25.5. The normalized spacial score (nSPS) is 13.4. The van der Waals surface area contributed by atoms with Gasteiger partial charge < -0.3 is 30.1 Å². The van der Waals surface area contributed by atoms with Gasteiger partial charge in [-0.25, -0.2) is 9.78 Å². The Morgan fingerprint density at radius 3 is 2.53 bits per heavy atom. The number of unbranched alkanes of at least 4 members (excludes halogenated alkanes) is 1. The van der Waals surface area contributed by atoms with Gasteiger partial charge >= 0.3 is 6.03 Å². The molecule has 36 heavy (non-hydrogen) atoms. The van der Waals surface area contributed by atoms with Crippen LogP contribution in [0.15, 0.2) is 40.8 Å². The minimum atomic E-state index is -0.796. The molecule has 1 aliphatic heterocycles. The van der Waals surface area contributed by atoms with Gasteiger partial charge in [-0.3, -0.25) is 14.9 Å². The average molecular weight is 495 g/mol. The summed E-state index contributed by atoms with van der Waals surface area (Å²) in [6.07, 6.45) is 3.37. The molecule has 5 N–H and O–H groups in total. The number of hydrogen-bond acceptors (Lipinski definition) is 6. The molecule has 4 rings (SSSR count). The number of nitrogens with two attached hydrogens (primary N) is 1. The summed E-state index contributed by atoms with van der Waals surface area (Å²) in [6.45, 7) is 4.15. The lowest BCUT2D eigenvalue weighted by Gasteiger charge is -2.25. The van der Waals surface area contributed by atoms with Crippen molar-refractivity contribution in [2.45, 2.75) is 32.6 Å². The second-order valence-corrected chi connectivity index (χ2v) is 8.50. The number of aromatic nitrogens is 2. The van der Waals surface area contributed by atoms with E-state index in [1.165, 1.54) is 5.56 Å². The molecule has 1 aromatic carbocycles. The van der Waals surface area contributed by atoms with E-state index in [-0.39, 0.29) is 29.6 Å². The van der Waals surface area contributed by atoms with Crippen molar-refractivity contribution in [1.29, 1.82) is 0 Å². The number of aryl methyl sites for hydroxylation is 1. The highest BCUT2D eigenvalue weighted by Crippen LogP contribution is 2.19. The monoisotopic (exact) mass is 494 g/mol. The molecule has 0 atom stereocenters. The number of primary amides is 1. The van der Waals surface area contributed by atoms with Crippen LogP contribution < -0.4 is 16.4 Å². The molecule has 3 aromatic rings. The minimum Gasteiger partial charge on any atom is -0.455 e. The number of amides is 4.